The van der Waals surface area contributed by atoms with Crippen LogP contribution in [0.1, 0.15) is 12.0 Å². The maximum Gasteiger partial charge on any atom is 0.304 e. The highest BCUT2D eigenvalue weighted by Crippen LogP contribution is 2.03. The predicted molar refractivity (Wildman–Crippen MR) is 90.7 cm³/mol. The maximum atomic E-state index is 11.9. The van der Waals surface area contributed by atoms with E-state index in [1.807, 2.05) is 30.3 Å². The molecular weight excluding hydrogens is 318 g/mol. The first-order chi connectivity index (χ1) is 10.6. The van der Waals surface area contributed by atoms with Crippen molar-refractivity contribution in [3.05, 3.63) is 35.9 Å². The zero-order chi connectivity index (χ0) is 15.8. The quantitative estimate of drug-likeness (QED) is 0.768. The molecule has 0 aliphatic carbocycles. The summed E-state index contributed by atoms with van der Waals surface area (Å²) in [7, 11) is 0. The van der Waals surface area contributed by atoms with Crippen LogP contribution in [0.3, 0.4) is 0 Å². The third-order valence-corrected chi connectivity index (χ3v) is 3.81. The van der Waals surface area contributed by atoms with Crippen molar-refractivity contribution in [2.45, 2.75) is 13.0 Å². The first-order valence-corrected chi connectivity index (χ1v) is 7.60. The highest BCUT2D eigenvalue weighted by atomic mass is 35.5. The maximum absolute atomic E-state index is 11.9. The number of benzene rings is 1. The Morgan fingerprint density at radius 3 is 2.26 bits per heavy atom. The van der Waals surface area contributed by atoms with E-state index in [0.29, 0.717) is 19.6 Å². The third kappa shape index (κ3) is 7.45. The minimum absolute atomic E-state index is 0. The second-order valence-electron chi connectivity index (χ2n) is 5.52. The van der Waals surface area contributed by atoms with Crippen LogP contribution >= 0.6 is 12.4 Å². The Hall–Kier alpha value is -1.63. The van der Waals surface area contributed by atoms with Crippen LogP contribution in [0.2, 0.25) is 0 Å². The van der Waals surface area contributed by atoms with Crippen LogP contribution in [0, 0.1) is 0 Å². The second kappa shape index (κ2) is 10.2. The van der Waals surface area contributed by atoms with Crippen LogP contribution in [-0.2, 0) is 16.1 Å². The number of carboxylic acids is 1. The molecule has 0 atom stereocenters. The third-order valence-electron chi connectivity index (χ3n) is 3.81. The summed E-state index contributed by atoms with van der Waals surface area (Å²) in [6.07, 6.45) is 0.178. The molecule has 128 valence electrons. The van der Waals surface area contributed by atoms with Gasteiger partial charge in [0.05, 0.1) is 13.0 Å². The molecule has 1 aliphatic rings. The molecule has 0 bridgehead atoms. The van der Waals surface area contributed by atoms with Crippen LogP contribution in [0.5, 0.6) is 0 Å². The van der Waals surface area contributed by atoms with Gasteiger partial charge < -0.3 is 15.3 Å². The highest BCUT2D eigenvalue weighted by Gasteiger charge is 2.19. The van der Waals surface area contributed by atoms with Crippen LogP contribution in [0.25, 0.3) is 0 Å². The molecule has 0 unspecified atom stereocenters. The number of aliphatic carboxylic acids is 1. The molecule has 0 saturated carbocycles. The summed E-state index contributed by atoms with van der Waals surface area (Å²) in [5.74, 6) is -0.731. The van der Waals surface area contributed by atoms with Crippen LogP contribution in [0.4, 0.5) is 0 Å². The summed E-state index contributed by atoms with van der Waals surface area (Å²) in [4.78, 5) is 26.7. The minimum atomic E-state index is -0.761. The molecule has 1 saturated heterocycles. The van der Waals surface area contributed by atoms with Crippen molar-refractivity contribution < 1.29 is 14.7 Å². The van der Waals surface area contributed by atoms with Crippen molar-refractivity contribution in [2.75, 3.05) is 39.3 Å². The number of amides is 1. The van der Waals surface area contributed by atoms with Crippen LogP contribution in [-0.4, -0.2) is 66.1 Å². The van der Waals surface area contributed by atoms with Crippen LogP contribution in [0.15, 0.2) is 30.3 Å². The molecule has 0 radical (unpaired) electrons. The van der Waals surface area contributed by atoms with Gasteiger partial charge in [0.2, 0.25) is 5.91 Å². The Bertz CT molecular complexity index is 491. The van der Waals surface area contributed by atoms with Gasteiger partial charge in [-0.3, -0.25) is 14.5 Å². The van der Waals surface area contributed by atoms with E-state index in [4.69, 9.17) is 5.11 Å². The zero-order valence-electron chi connectivity index (χ0n) is 13.1. The first kappa shape index (κ1) is 19.4. The van der Waals surface area contributed by atoms with E-state index in [1.165, 1.54) is 0 Å². The number of carbonyl (C=O) groups is 2. The summed E-state index contributed by atoms with van der Waals surface area (Å²) >= 11 is 0. The number of carboxylic acid groups (broad SMARTS) is 1. The van der Waals surface area contributed by atoms with Crippen molar-refractivity contribution in [1.29, 1.82) is 0 Å². The highest BCUT2D eigenvalue weighted by molar-refractivity contribution is 5.85. The Labute approximate surface area is 142 Å². The van der Waals surface area contributed by atoms with Crippen molar-refractivity contribution in [3.63, 3.8) is 0 Å². The van der Waals surface area contributed by atoms with Gasteiger partial charge in [0.1, 0.15) is 0 Å². The van der Waals surface area contributed by atoms with Gasteiger partial charge >= 0.3 is 5.97 Å². The number of piperazine rings is 1. The van der Waals surface area contributed by atoms with Crippen molar-refractivity contribution in [3.8, 4) is 0 Å². The van der Waals surface area contributed by atoms with Crippen molar-refractivity contribution in [1.82, 2.24) is 15.1 Å². The molecule has 1 amide bonds. The molecule has 1 fully saturated rings. The molecule has 1 heterocycles. The fraction of sp³-hybridized carbons (Fsp3) is 0.500. The average molecular weight is 342 g/mol. The molecule has 2 rings (SSSR count). The normalized spacial score (nSPS) is 15.7. The van der Waals surface area contributed by atoms with E-state index in [0.717, 1.165) is 31.7 Å². The summed E-state index contributed by atoms with van der Waals surface area (Å²) in [5.41, 5.74) is 1.09. The molecule has 1 aromatic carbocycles. The molecule has 1 aromatic rings. The van der Waals surface area contributed by atoms with Gasteiger partial charge in [-0.1, -0.05) is 30.3 Å². The molecule has 7 heteroatoms. The molecular formula is C16H24ClN3O3. The van der Waals surface area contributed by atoms with Crippen LogP contribution < -0.4 is 5.32 Å². The van der Waals surface area contributed by atoms with E-state index in [9.17, 15) is 9.59 Å². The fourth-order valence-corrected chi connectivity index (χ4v) is 2.48. The topological polar surface area (TPSA) is 72.9 Å². The van der Waals surface area contributed by atoms with E-state index in [1.54, 1.807) is 0 Å². The SMILES string of the molecule is Cl.O=C(O)CCN1CCN(CC(=O)NCc2ccccc2)CC1. The smallest absolute Gasteiger partial charge is 0.304 e. The van der Waals surface area contributed by atoms with Gasteiger partial charge in [-0.2, -0.15) is 0 Å². The summed E-state index contributed by atoms with van der Waals surface area (Å²) in [6.45, 7) is 4.79. The Balaban J connectivity index is 0.00000264. The predicted octanol–water partition coefficient (Wildman–Crippen LogP) is 0.817. The fourth-order valence-electron chi connectivity index (χ4n) is 2.48. The number of hydrogen-bond acceptors (Lipinski definition) is 4. The lowest BCUT2D eigenvalue weighted by Gasteiger charge is -2.33. The zero-order valence-corrected chi connectivity index (χ0v) is 13.9. The minimum Gasteiger partial charge on any atom is -0.481 e. The van der Waals surface area contributed by atoms with E-state index in [-0.39, 0.29) is 24.7 Å². The first-order valence-electron chi connectivity index (χ1n) is 7.60. The number of rotatable bonds is 7. The lowest BCUT2D eigenvalue weighted by Crippen LogP contribution is -2.49. The van der Waals surface area contributed by atoms with Crippen molar-refractivity contribution >= 4 is 24.3 Å². The molecule has 0 spiro atoms. The molecule has 0 aromatic heterocycles. The summed E-state index contributed by atoms with van der Waals surface area (Å²) in [6, 6.07) is 9.84. The number of halogens is 1. The van der Waals surface area contributed by atoms with Gasteiger partial charge in [0.15, 0.2) is 0 Å². The Kier molecular flexibility index (Phi) is 8.61. The Morgan fingerprint density at radius 1 is 1.04 bits per heavy atom. The molecule has 1 aliphatic heterocycles. The summed E-state index contributed by atoms with van der Waals surface area (Å²) in [5, 5.41) is 11.6. The van der Waals surface area contributed by atoms with Gasteiger partial charge in [-0.15, -0.1) is 12.4 Å². The number of nitrogens with one attached hydrogen (secondary N) is 1. The van der Waals surface area contributed by atoms with Gasteiger partial charge in [-0.25, -0.2) is 0 Å². The number of hydrogen-bond donors (Lipinski definition) is 2. The van der Waals surface area contributed by atoms with E-state index < -0.39 is 5.97 Å². The second-order valence-corrected chi connectivity index (χ2v) is 5.52. The average Bonchev–Trinajstić information content (AvgIpc) is 2.53. The molecule has 6 nitrogen and oxygen atoms in total. The number of carbonyl (C=O) groups excluding carboxylic acids is 1. The lowest BCUT2D eigenvalue weighted by atomic mass is 10.2. The standard InChI is InChI=1S/C16H23N3O3.ClH/c20-15(17-12-14-4-2-1-3-5-14)13-19-10-8-18(9-11-19)7-6-16(21)22;/h1-5H,6-13H2,(H,17,20)(H,21,22);1H. The lowest BCUT2D eigenvalue weighted by molar-refractivity contribution is -0.137. The molecule has 2 N–H and O–H groups in total. The Morgan fingerprint density at radius 2 is 1.65 bits per heavy atom. The molecule has 23 heavy (non-hydrogen) atoms. The monoisotopic (exact) mass is 341 g/mol. The van der Waals surface area contributed by atoms with Crippen molar-refractivity contribution in [2.24, 2.45) is 0 Å². The van der Waals surface area contributed by atoms with E-state index >= 15 is 0 Å². The number of nitrogens with zero attached hydrogens (tertiary/aromatic N) is 2. The van der Waals surface area contributed by atoms with E-state index in [2.05, 4.69) is 15.1 Å². The van der Waals surface area contributed by atoms with Gasteiger partial charge in [-0.05, 0) is 5.56 Å². The van der Waals surface area contributed by atoms with Gasteiger partial charge in [0, 0.05) is 39.3 Å². The summed E-state index contributed by atoms with van der Waals surface area (Å²) < 4.78 is 0. The largest absolute Gasteiger partial charge is 0.481 e. The van der Waals surface area contributed by atoms with Gasteiger partial charge in [0.25, 0.3) is 0 Å².